The van der Waals surface area contributed by atoms with Crippen molar-refractivity contribution in [2.75, 3.05) is 13.7 Å². The number of hydrogen-bond acceptors (Lipinski definition) is 3. The molecule has 0 bridgehead atoms. The minimum atomic E-state index is -0.177. The van der Waals surface area contributed by atoms with Crippen LogP contribution in [0.5, 0.6) is 5.75 Å². The van der Waals surface area contributed by atoms with Crippen LogP contribution in [0.15, 0.2) is 22.7 Å². The molecule has 1 aliphatic carbocycles. The van der Waals surface area contributed by atoms with Crippen LogP contribution >= 0.6 is 15.9 Å². The molecule has 21 heavy (non-hydrogen) atoms. The van der Waals surface area contributed by atoms with E-state index in [4.69, 9.17) is 4.74 Å². The summed E-state index contributed by atoms with van der Waals surface area (Å²) in [4.78, 5) is 11.2. The van der Waals surface area contributed by atoms with Crippen molar-refractivity contribution in [3.05, 3.63) is 28.2 Å². The Morgan fingerprint density at radius 3 is 2.71 bits per heavy atom. The van der Waals surface area contributed by atoms with E-state index in [2.05, 4.69) is 20.7 Å². The Hall–Kier alpha value is -1.03. The molecule has 0 N–H and O–H groups in total. The number of esters is 1. The average Bonchev–Trinajstić information content (AvgIpc) is 2.52. The molecule has 0 aliphatic heterocycles. The first-order chi connectivity index (χ1) is 10.2. The second-order valence-electron chi connectivity index (χ2n) is 5.66. The van der Waals surface area contributed by atoms with Crippen LogP contribution in [0.3, 0.4) is 0 Å². The monoisotopic (exact) mass is 354 g/mol. The second-order valence-corrected chi connectivity index (χ2v) is 6.51. The Balaban J connectivity index is 1.84. The molecule has 4 heteroatoms. The molecule has 0 atom stereocenters. The van der Waals surface area contributed by atoms with Gasteiger partial charge in [-0.25, -0.2) is 0 Å². The number of benzene rings is 1. The Labute approximate surface area is 135 Å². The Morgan fingerprint density at radius 1 is 1.29 bits per heavy atom. The zero-order valence-corrected chi connectivity index (χ0v) is 14.2. The van der Waals surface area contributed by atoms with Gasteiger partial charge in [-0.1, -0.05) is 25.3 Å². The molecule has 1 aromatic rings. The van der Waals surface area contributed by atoms with Crippen LogP contribution in [0.4, 0.5) is 0 Å². The molecule has 0 amide bonds. The molecule has 0 unspecified atom stereocenters. The van der Waals surface area contributed by atoms with E-state index in [-0.39, 0.29) is 5.97 Å². The first kappa shape index (κ1) is 16.3. The lowest BCUT2D eigenvalue weighted by atomic mass is 9.90. The van der Waals surface area contributed by atoms with E-state index in [9.17, 15) is 4.79 Å². The van der Waals surface area contributed by atoms with Crippen molar-refractivity contribution >= 4 is 21.9 Å². The molecule has 0 spiro atoms. The standard InChI is InChI=1S/C17H23BrO3/c1-20-17(19)10-8-13-7-9-16(15(18)11-13)21-12-14-5-3-2-4-6-14/h7,9,11,14H,2-6,8,10,12H2,1H3. The summed E-state index contributed by atoms with van der Waals surface area (Å²) < 4.78 is 11.6. The summed E-state index contributed by atoms with van der Waals surface area (Å²) in [6.07, 6.45) is 7.71. The quantitative estimate of drug-likeness (QED) is 0.704. The van der Waals surface area contributed by atoms with Crippen molar-refractivity contribution in [1.29, 1.82) is 0 Å². The minimum Gasteiger partial charge on any atom is -0.492 e. The lowest BCUT2D eigenvalue weighted by molar-refractivity contribution is -0.140. The predicted octanol–water partition coefficient (Wildman–Crippen LogP) is 4.51. The minimum absolute atomic E-state index is 0.177. The molecule has 0 heterocycles. The van der Waals surface area contributed by atoms with E-state index in [1.165, 1.54) is 39.2 Å². The summed E-state index contributed by atoms with van der Waals surface area (Å²) in [5.74, 6) is 1.41. The van der Waals surface area contributed by atoms with E-state index in [0.29, 0.717) is 18.8 Å². The van der Waals surface area contributed by atoms with Crippen LogP contribution < -0.4 is 4.74 Å². The highest BCUT2D eigenvalue weighted by Gasteiger charge is 2.14. The summed E-state index contributed by atoms with van der Waals surface area (Å²) >= 11 is 3.56. The molecule has 0 aromatic heterocycles. The van der Waals surface area contributed by atoms with Crippen molar-refractivity contribution in [2.24, 2.45) is 5.92 Å². The summed E-state index contributed by atoms with van der Waals surface area (Å²) in [5.41, 5.74) is 1.11. The van der Waals surface area contributed by atoms with Gasteiger partial charge < -0.3 is 9.47 Å². The van der Waals surface area contributed by atoms with Crippen molar-refractivity contribution in [1.82, 2.24) is 0 Å². The van der Waals surface area contributed by atoms with Gasteiger partial charge in [0, 0.05) is 6.42 Å². The number of rotatable bonds is 6. The number of carbonyl (C=O) groups is 1. The van der Waals surface area contributed by atoms with Crippen molar-refractivity contribution < 1.29 is 14.3 Å². The number of hydrogen-bond donors (Lipinski definition) is 0. The average molecular weight is 355 g/mol. The first-order valence-corrected chi connectivity index (χ1v) is 8.46. The molecule has 116 valence electrons. The number of halogens is 1. The maximum Gasteiger partial charge on any atom is 0.305 e. The normalized spacial score (nSPS) is 15.7. The van der Waals surface area contributed by atoms with Gasteiger partial charge in [0.05, 0.1) is 18.2 Å². The zero-order chi connectivity index (χ0) is 15.1. The summed E-state index contributed by atoms with van der Waals surface area (Å²) in [7, 11) is 1.42. The van der Waals surface area contributed by atoms with Gasteiger partial charge in [0.1, 0.15) is 5.75 Å². The van der Waals surface area contributed by atoms with Crippen molar-refractivity contribution in [3.63, 3.8) is 0 Å². The molecule has 0 saturated heterocycles. The maximum absolute atomic E-state index is 11.2. The Kier molecular flexibility index (Phi) is 6.55. The van der Waals surface area contributed by atoms with Crippen molar-refractivity contribution in [2.45, 2.75) is 44.9 Å². The second kappa shape index (κ2) is 8.42. The van der Waals surface area contributed by atoms with Gasteiger partial charge in [-0.15, -0.1) is 0 Å². The molecule has 0 radical (unpaired) electrons. The highest BCUT2D eigenvalue weighted by atomic mass is 79.9. The van der Waals surface area contributed by atoms with Gasteiger partial charge in [-0.2, -0.15) is 0 Å². The summed E-state index contributed by atoms with van der Waals surface area (Å²) in [5, 5.41) is 0. The van der Waals surface area contributed by atoms with E-state index in [1.54, 1.807) is 0 Å². The number of aryl methyl sites for hydroxylation is 1. The Morgan fingerprint density at radius 2 is 2.05 bits per heavy atom. The molecular formula is C17H23BrO3. The third-order valence-electron chi connectivity index (χ3n) is 4.04. The predicted molar refractivity (Wildman–Crippen MR) is 86.5 cm³/mol. The molecular weight excluding hydrogens is 332 g/mol. The smallest absolute Gasteiger partial charge is 0.305 e. The number of ether oxygens (including phenoxy) is 2. The van der Waals surface area contributed by atoms with E-state index >= 15 is 0 Å². The van der Waals surface area contributed by atoms with Crippen molar-refractivity contribution in [3.8, 4) is 5.75 Å². The van der Waals surface area contributed by atoms with Crippen LogP contribution in [0.25, 0.3) is 0 Å². The molecule has 1 aliphatic rings. The molecule has 1 saturated carbocycles. The fraction of sp³-hybridized carbons (Fsp3) is 0.588. The van der Waals surface area contributed by atoms with Crippen LogP contribution in [0.2, 0.25) is 0 Å². The Bertz CT molecular complexity index is 467. The SMILES string of the molecule is COC(=O)CCc1ccc(OCC2CCCCC2)c(Br)c1. The molecule has 3 nitrogen and oxygen atoms in total. The fourth-order valence-corrected chi connectivity index (χ4v) is 3.27. The van der Waals surface area contributed by atoms with Gasteiger partial charge in [0.2, 0.25) is 0 Å². The summed E-state index contributed by atoms with van der Waals surface area (Å²) in [6.45, 7) is 0.806. The highest BCUT2D eigenvalue weighted by Crippen LogP contribution is 2.29. The van der Waals surface area contributed by atoms with Crippen LogP contribution in [0, 0.1) is 5.92 Å². The lowest BCUT2D eigenvalue weighted by Gasteiger charge is -2.22. The van der Waals surface area contributed by atoms with Gasteiger partial charge in [-0.05, 0) is 58.8 Å². The van der Waals surface area contributed by atoms with E-state index in [1.807, 2.05) is 18.2 Å². The van der Waals surface area contributed by atoms with Crippen LogP contribution in [0.1, 0.15) is 44.1 Å². The largest absolute Gasteiger partial charge is 0.492 e. The third kappa shape index (κ3) is 5.34. The zero-order valence-electron chi connectivity index (χ0n) is 12.6. The van der Waals surface area contributed by atoms with E-state index in [0.717, 1.165) is 22.4 Å². The number of carbonyl (C=O) groups excluding carboxylic acids is 1. The van der Waals surface area contributed by atoms with Gasteiger partial charge in [0.15, 0.2) is 0 Å². The maximum atomic E-state index is 11.2. The van der Waals surface area contributed by atoms with E-state index < -0.39 is 0 Å². The van der Waals surface area contributed by atoms with Gasteiger partial charge in [-0.3, -0.25) is 4.79 Å². The summed E-state index contributed by atoms with van der Waals surface area (Å²) in [6, 6.07) is 6.03. The van der Waals surface area contributed by atoms with Gasteiger partial charge in [0.25, 0.3) is 0 Å². The van der Waals surface area contributed by atoms with Crippen LogP contribution in [-0.2, 0) is 16.0 Å². The number of methoxy groups -OCH3 is 1. The molecule has 1 fully saturated rings. The third-order valence-corrected chi connectivity index (χ3v) is 4.66. The topological polar surface area (TPSA) is 35.5 Å². The lowest BCUT2D eigenvalue weighted by Crippen LogP contribution is -2.15. The van der Waals surface area contributed by atoms with Crippen LogP contribution in [-0.4, -0.2) is 19.7 Å². The highest BCUT2D eigenvalue weighted by molar-refractivity contribution is 9.10. The first-order valence-electron chi connectivity index (χ1n) is 7.67. The molecule has 2 rings (SSSR count). The molecule has 1 aromatic carbocycles. The van der Waals surface area contributed by atoms with Gasteiger partial charge >= 0.3 is 5.97 Å². The fourth-order valence-electron chi connectivity index (χ4n) is 2.73.